The third-order valence-electron chi connectivity index (χ3n) is 6.06. The van der Waals surface area contributed by atoms with Gasteiger partial charge in [-0.25, -0.2) is 4.79 Å². The van der Waals surface area contributed by atoms with Gasteiger partial charge in [0.2, 0.25) is 0 Å². The highest BCUT2D eigenvalue weighted by atomic mass is 16.8. The number of ether oxygens (including phenoxy) is 3. The smallest absolute Gasteiger partial charge is 0.461 e. The second-order valence-electron chi connectivity index (χ2n) is 8.01. The predicted molar refractivity (Wildman–Crippen MR) is 84.1 cm³/mol. The summed E-state index contributed by atoms with van der Waals surface area (Å²) in [5.74, 6) is -0.702. The van der Waals surface area contributed by atoms with Gasteiger partial charge in [0.25, 0.3) is 0 Å². The van der Waals surface area contributed by atoms with Crippen molar-refractivity contribution in [3.63, 3.8) is 0 Å². The number of ketones is 1. The first-order valence-corrected chi connectivity index (χ1v) is 8.36. The zero-order valence-electron chi connectivity index (χ0n) is 14.6. The van der Waals surface area contributed by atoms with E-state index in [9.17, 15) is 14.4 Å². The van der Waals surface area contributed by atoms with Gasteiger partial charge in [-0.3, -0.25) is 9.59 Å². The second-order valence-corrected chi connectivity index (χ2v) is 8.01. The van der Waals surface area contributed by atoms with Gasteiger partial charge in [-0.1, -0.05) is 27.2 Å². The van der Waals surface area contributed by atoms with Gasteiger partial charge in [-0.05, 0) is 24.3 Å². The van der Waals surface area contributed by atoms with Crippen LogP contribution in [0.1, 0.15) is 47.0 Å². The monoisotopic (exact) mass is 336 g/mol. The minimum atomic E-state index is -1.05. The van der Waals surface area contributed by atoms with Gasteiger partial charge >= 0.3 is 12.1 Å². The predicted octanol–water partition coefficient (Wildman–Crippen LogP) is 2.80. The van der Waals surface area contributed by atoms with E-state index in [4.69, 9.17) is 14.2 Å². The average molecular weight is 336 g/mol. The van der Waals surface area contributed by atoms with Crippen molar-refractivity contribution in [2.45, 2.75) is 52.6 Å². The molecule has 2 fully saturated rings. The van der Waals surface area contributed by atoms with Gasteiger partial charge in [0.05, 0.1) is 0 Å². The van der Waals surface area contributed by atoms with Crippen molar-refractivity contribution >= 4 is 17.9 Å². The fourth-order valence-electron chi connectivity index (χ4n) is 5.07. The van der Waals surface area contributed by atoms with Crippen molar-refractivity contribution < 1.29 is 28.6 Å². The molecule has 3 rings (SSSR count). The Hall–Kier alpha value is -1.85. The molecule has 6 nitrogen and oxygen atoms in total. The molecule has 1 spiro atoms. The quantitative estimate of drug-likeness (QED) is 0.722. The van der Waals surface area contributed by atoms with Crippen LogP contribution in [0, 0.1) is 16.7 Å². The zero-order valence-corrected chi connectivity index (χ0v) is 14.6. The van der Waals surface area contributed by atoms with Crippen molar-refractivity contribution in [3.8, 4) is 0 Å². The molecule has 2 aliphatic carbocycles. The van der Waals surface area contributed by atoms with E-state index in [1.54, 1.807) is 0 Å². The van der Waals surface area contributed by atoms with Crippen LogP contribution in [-0.2, 0) is 23.8 Å². The summed E-state index contributed by atoms with van der Waals surface area (Å²) in [6.07, 6.45) is 3.40. The van der Waals surface area contributed by atoms with Crippen LogP contribution in [0.15, 0.2) is 11.6 Å². The molecule has 24 heavy (non-hydrogen) atoms. The fourth-order valence-corrected chi connectivity index (χ4v) is 5.07. The Labute approximate surface area is 141 Å². The third kappa shape index (κ3) is 2.26. The molecule has 1 saturated heterocycles. The van der Waals surface area contributed by atoms with Crippen LogP contribution in [0.2, 0.25) is 0 Å². The maximum Gasteiger partial charge on any atom is 0.509 e. The van der Waals surface area contributed by atoms with Gasteiger partial charge < -0.3 is 14.2 Å². The number of esters is 1. The van der Waals surface area contributed by atoms with Crippen LogP contribution in [0.3, 0.4) is 0 Å². The van der Waals surface area contributed by atoms with E-state index in [0.717, 1.165) is 19.3 Å². The average Bonchev–Trinajstić information content (AvgIpc) is 2.84. The number of allylic oxidation sites excluding steroid dienone is 1. The summed E-state index contributed by atoms with van der Waals surface area (Å²) in [6, 6.07) is 0. The highest BCUT2D eigenvalue weighted by molar-refractivity contribution is 5.96. The SMILES string of the molecule is CC(=O)OCC1=CC(=O)[C@H]2C(C)(C)CCC[C@]2(C)[C@@]12COC(=O)O2. The normalized spacial score (nSPS) is 37.3. The van der Waals surface area contributed by atoms with E-state index >= 15 is 0 Å². The van der Waals surface area contributed by atoms with Crippen LogP contribution < -0.4 is 0 Å². The van der Waals surface area contributed by atoms with Gasteiger partial charge in [0.1, 0.15) is 13.2 Å². The summed E-state index contributed by atoms with van der Waals surface area (Å²) in [7, 11) is 0. The maximum atomic E-state index is 12.9. The molecule has 1 aliphatic heterocycles. The molecule has 0 aromatic rings. The van der Waals surface area contributed by atoms with Crippen LogP contribution in [-0.4, -0.2) is 36.7 Å². The van der Waals surface area contributed by atoms with E-state index in [1.807, 2.05) is 6.92 Å². The first kappa shape index (κ1) is 17.0. The highest BCUT2D eigenvalue weighted by Gasteiger charge is 2.68. The van der Waals surface area contributed by atoms with Gasteiger partial charge in [0.15, 0.2) is 11.4 Å². The van der Waals surface area contributed by atoms with Crippen molar-refractivity contribution in [1.29, 1.82) is 0 Å². The second kappa shape index (κ2) is 5.33. The van der Waals surface area contributed by atoms with Crippen LogP contribution >= 0.6 is 0 Å². The molecule has 0 aromatic heterocycles. The molecule has 0 aromatic carbocycles. The Morgan fingerprint density at radius 1 is 1.29 bits per heavy atom. The lowest BCUT2D eigenvalue weighted by Gasteiger charge is -2.58. The lowest BCUT2D eigenvalue weighted by atomic mass is 9.46. The number of rotatable bonds is 2. The van der Waals surface area contributed by atoms with Crippen molar-refractivity contribution in [2.75, 3.05) is 13.2 Å². The summed E-state index contributed by atoms with van der Waals surface area (Å²) in [6.45, 7) is 7.46. The molecule has 0 amide bonds. The number of fused-ring (bicyclic) bond motifs is 2. The lowest BCUT2D eigenvalue weighted by molar-refractivity contribution is -0.159. The Bertz CT molecular complexity index is 633. The van der Waals surface area contributed by atoms with E-state index < -0.39 is 23.1 Å². The molecule has 3 atom stereocenters. The Balaban J connectivity index is 2.12. The Morgan fingerprint density at radius 3 is 2.58 bits per heavy atom. The fraction of sp³-hybridized carbons (Fsp3) is 0.722. The lowest BCUT2D eigenvalue weighted by Crippen LogP contribution is -2.63. The molecule has 0 unspecified atom stereocenters. The molecule has 6 heteroatoms. The van der Waals surface area contributed by atoms with E-state index in [1.165, 1.54) is 13.0 Å². The van der Waals surface area contributed by atoms with Crippen LogP contribution in [0.25, 0.3) is 0 Å². The Kier molecular flexibility index (Phi) is 3.77. The molecule has 0 bridgehead atoms. The molecule has 0 N–H and O–H groups in total. The topological polar surface area (TPSA) is 78.9 Å². The van der Waals surface area contributed by atoms with Crippen LogP contribution in [0.4, 0.5) is 4.79 Å². The number of hydrogen-bond acceptors (Lipinski definition) is 6. The van der Waals surface area contributed by atoms with E-state index in [0.29, 0.717) is 5.57 Å². The molecule has 0 radical (unpaired) electrons. The summed E-state index contributed by atoms with van der Waals surface area (Å²) in [4.78, 5) is 36.0. The van der Waals surface area contributed by atoms with Gasteiger partial charge in [-0.15, -0.1) is 0 Å². The molecular weight excluding hydrogens is 312 g/mol. The molecule has 1 saturated carbocycles. The van der Waals surface area contributed by atoms with E-state index in [-0.39, 0.29) is 30.3 Å². The Morgan fingerprint density at radius 2 is 2.00 bits per heavy atom. The number of carbonyl (C=O) groups excluding carboxylic acids is 3. The zero-order chi connectivity index (χ0) is 17.8. The van der Waals surface area contributed by atoms with Gasteiger partial charge in [0, 0.05) is 23.8 Å². The standard InChI is InChI=1S/C18H24O6/c1-11(19)22-9-12-8-13(20)14-16(2,3)6-5-7-17(14,4)18(12)10-23-15(21)24-18/h8,14H,5-7,9-10H2,1-4H3/t14-,17-,18+/m0/s1. The molecular formula is C18H24O6. The largest absolute Gasteiger partial charge is 0.509 e. The third-order valence-corrected chi connectivity index (χ3v) is 6.06. The first-order chi connectivity index (χ1) is 11.1. The van der Waals surface area contributed by atoms with Gasteiger partial charge in [-0.2, -0.15) is 0 Å². The van der Waals surface area contributed by atoms with E-state index in [2.05, 4.69) is 13.8 Å². The summed E-state index contributed by atoms with van der Waals surface area (Å²) >= 11 is 0. The minimum absolute atomic E-state index is 0.0120. The first-order valence-electron chi connectivity index (χ1n) is 8.36. The van der Waals surface area contributed by atoms with Crippen LogP contribution in [0.5, 0.6) is 0 Å². The van der Waals surface area contributed by atoms with Crippen molar-refractivity contribution in [2.24, 2.45) is 16.7 Å². The summed E-state index contributed by atoms with van der Waals surface area (Å²) in [5, 5.41) is 0. The number of cyclic esters (lactones) is 1. The summed E-state index contributed by atoms with van der Waals surface area (Å²) < 4.78 is 15.9. The molecule has 132 valence electrons. The maximum absolute atomic E-state index is 12.9. The highest BCUT2D eigenvalue weighted by Crippen LogP contribution is 2.62. The molecule has 3 aliphatic rings. The molecule has 1 heterocycles. The van der Waals surface area contributed by atoms with Crippen molar-refractivity contribution in [1.82, 2.24) is 0 Å². The summed E-state index contributed by atoms with van der Waals surface area (Å²) in [5.41, 5.74) is -1.31. The number of hydrogen-bond donors (Lipinski definition) is 0. The van der Waals surface area contributed by atoms with Crippen molar-refractivity contribution in [3.05, 3.63) is 11.6 Å². The minimum Gasteiger partial charge on any atom is -0.461 e. The number of carbonyl (C=O) groups is 3.